The van der Waals surface area contributed by atoms with E-state index >= 15 is 0 Å². The minimum atomic E-state index is -4.44. The van der Waals surface area contributed by atoms with E-state index in [1.54, 1.807) is 6.07 Å². The number of fused-ring (bicyclic) bond motifs is 1. The van der Waals surface area contributed by atoms with E-state index in [1.165, 1.54) is 6.07 Å². The third-order valence-electron chi connectivity index (χ3n) is 3.43. The van der Waals surface area contributed by atoms with Gasteiger partial charge in [0.05, 0.1) is 4.90 Å². The van der Waals surface area contributed by atoms with Crippen LogP contribution in [0.15, 0.2) is 35.2 Å². The van der Waals surface area contributed by atoms with Crippen molar-refractivity contribution < 1.29 is 42.5 Å². The second-order valence-corrected chi connectivity index (χ2v) is 6.41. The van der Waals surface area contributed by atoms with E-state index in [1.807, 2.05) is 12.1 Å². The predicted octanol–water partition coefficient (Wildman–Crippen LogP) is 0.653. The van der Waals surface area contributed by atoms with Gasteiger partial charge in [0.15, 0.2) is 0 Å². The number of hydrogen-bond donors (Lipinski definition) is 0. The molecule has 0 saturated heterocycles. The van der Waals surface area contributed by atoms with Crippen LogP contribution in [0.3, 0.4) is 0 Å². The average molecular weight is 314 g/mol. The molecule has 0 aliphatic rings. The molecule has 0 heterocycles. The van der Waals surface area contributed by atoms with Crippen molar-refractivity contribution in [2.45, 2.75) is 44.4 Å². The molecule has 2 rings (SSSR count). The molecular formula is C16H19NaO3S. The molecule has 108 valence electrons. The summed E-state index contributed by atoms with van der Waals surface area (Å²) in [7, 11) is -4.44. The quantitative estimate of drug-likeness (QED) is 0.601. The van der Waals surface area contributed by atoms with Crippen LogP contribution in [-0.2, 0) is 23.0 Å². The van der Waals surface area contributed by atoms with Crippen LogP contribution in [-0.4, -0.2) is 13.0 Å². The Morgan fingerprint density at radius 3 is 2.24 bits per heavy atom. The van der Waals surface area contributed by atoms with E-state index in [9.17, 15) is 13.0 Å². The molecule has 0 bridgehead atoms. The minimum Gasteiger partial charge on any atom is -0.744 e. The first kappa shape index (κ1) is 18.7. The molecule has 3 nitrogen and oxygen atoms in total. The molecule has 0 aromatic heterocycles. The third kappa shape index (κ3) is 4.30. The molecule has 2 aromatic carbocycles. The van der Waals surface area contributed by atoms with Gasteiger partial charge < -0.3 is 4.55 Å². The van der Waals surface area contributed by atoms with Crippen LogP contribution in [0.2, 0.25) is 0 Å². The Hall–Kier alpha value is -0.390. The number of aryl methyl sites for hydroxylation is 2. The fraction of sp³-hybridized carbons (Fsp3) is 0.375. The summed E-state index contributed by atoms with van der Waals surface area (Å²) in [4.78, 5) is -0.106. The zero-order valence-corrected chi connectivity index (χ0v) is 15.7. The predicted molar refractivity (Wildman–Crippen MR) is 79.9 cm³/mol. The Kier molecular flexibility index (Phi) is 6.88. The summed E-state index contributed by atoms with van der Waals surface area (Å²) >= 11 is 0. The molecule has 5 heteroatoms. The summed E-state index contributed by atoms with van der Waals surface area (Å²) < 4.78 is 34.3. The summed E-state index contributed by atoms with van der Waals surface area (Å²) in [5.74, 6) is 0. The van der Waals surface area contributed by atoms with Gasteiger partial charge in [0.2, 0.25) is 0 Å². The van der Waals surface area contributed by atoms with Crippen molar-refractivity contribution in [1.82, 2.24) is 0 Å². The third-order valence-corrected chi connectivity index (χ3v) is 4.32. The maximum absolute atomic E-state index is 11.4. The van der Waals surface area contributed by atoms with E-state index in [4.69, 9.17) is 0 Å². The molecule has 0 N–H and O–H groups in total. The summed E-state index contributed by atoms with van der Waals surface area (Å²) in [6, 6.07) is 8.92. The Labute approximate surface area is 148 Å². The second kappa shape index (κ2) is 7.75. The normalized spacial score (nSPS) is 11.4. The molecule has 0 spiro atoms. The first-order valence-electron chi connectivity index (χ1n) is 6.97. The van der Waals surface area contributed by atoms with Gasteiger partial charge >= 0.3 is 29.6 Å². The van der Waals surface area contributed by atoms with Gasteiger partial charge in [-0.25, -0.2) is 8.42 Å². The smallest absolute Gasteiger partial charge is 0.744 e. The van der Waals surface area contributed by atoms with E-state index in [2.05, 4.69) is 19.9 Å². The van der Waals surface area contributed by atoms with Crippen molar-refractivity contribution in [3.63, 3.8) is 0 Å². The van der Waals surface area contributed by atoms with Crippen LogP contribution in [0.5, 0.6) is 0 Å². The molecule has 2 aromatic rings. The molecule has 0 atom stereocenters. The summed E-state index contributed by atoms with van der Waals surface area (Å²) in [6.07, 6.45) is 3.75. The number of hydrogen-bond acceptors (Lipinski definition) is 3. The molecule has 0 saturated carbocycles. The van der Waals surface area contributed by atoms with Crippen molar-refractivity contribution in [2.75, 3.05) is 0 Å². The summed E-state index contributed by atoms with van der Waals surface area (Å²) in [6.45, 7) is 4.17. The maximum atomic E-state index is 11.4. The van der Waals surface area contributed by atoms with Crippen LogP contribution >= 0.6 is 0 Å². The fourth-order valence-corrected chi connectivity index (χ4v) is 3.31. The number of benzene rings is 2. The maximum Gasteiger partial charge on any atom is 1.00 e. The van der Waals surface area contributed by atoms with Gasteiger partial charge in [-0.1, -0.05) is 44.9 Å². The van der Waals surface area contributed by atoms with Crippen LogP contribution in [0.4, 0.5) is 0 Å². The van der Waals surface area contributed by atoms with Gasteiger partial charge in [-0.15, -0.1) is 0 Å². The van der Waals surface area contributed by atoms with E-state index in [-0.39, 0.29) is 34.5 Å². The van der Waals surface area contributed by atoms with Gasteiger partial charge in [0.1, 0.15) is 10.1 Å². The standard InChI is InChI=1S/C16H20O3S.Na/c1-3-6-12-10-13(7-4-2)14-8-5-9-16(15(14)11-12)20(17,18)19;/h5,8-11H,3-4,6-7H2,1-2H3,(H,17,18,19);/q;+1/p-1. The van der Waals surface area contributed by atoms with Gasteiger partial charge in [0.25, 0.3) is 0 Å². The molecule has 21 heavy (non-hydrogen) atoms. The van der Waals surface area contributed by atoms with Crippen LogP contribution in [0, 0.1) is 0 Å². The van der Waals surface area contributed by atoms with Crippen LogP contribution in [0.25, 0.3) is 10.8 Å². The molecule has 0 radical (unpaired) electrons. The van der Waals surface area contributed by atoms with Crippen molar-refractivity contribution >= 4 is 20.9 Å². The molecular weight excluding hydrogens is 295 g/mol. The summed E-state index contributed by atoms with van der Waals surface area (Å²) in [5, 5.41) is 1.44. The average Bonchev–Trinajstić information content (AvgIpc) is 2.37. The Bertz CT molecular complexity index is 724. The zero-order chi connectivity index (χ0) is 14.8. The van der Waals surface area contributed by atoms with Crippen molar-refractivity contribution in [1.29, 1.82) is 0 Å². The van der Waals surface area contributed by atoms with Crippen molar-refractivity contribution in [2.24, 2.45) is 0 Å². The van der Waals surface area contributed by atoms with Crippen molar-refractivity contribution in [3.8, 4) is 0 Å². The second-order valence-electron chi connectivity index (χ2n) is 5.06. The van der Waals surface area contributed by atoms with Crippen LogP contribution < -0.4 is 29.6 Å². The minimum absolute atomic E-state index is 0. The molecule has 0 aliphatic heterocycles. The van der Waals surface area contributed by atoms with Crippen molar-refractivity contribution in [3.05, 3.63) is 41.5 Å². The molecule has 0 aliphatic carbocycles. The first-order chi connectivity index (χ1) is 9.47. The fourth-order valence-electron chi connectivity index (χ4n) is 2.63. The molecule has 0 unspecified atom stereocenters. The Morgan fingerprint density at radius 1 is 1.00 bits per heavy atom. The van der Waals surface area contributed by atoms with Gasteiger partial charge in [0, 0.05) is 0 Å². The SMILES string of the molecule is CCCc1cc(CCC)c2cccc(S(=O)(=O)[O-])c2c1.[Na+]. The largest absolute Gasteiger partial charge is 1.00 e. The Balaban J connectivity index is 0.00000220. The summed E-state index contributed by atoms with van der Waals surface area (Å²) in [5.41, 5.74) is 2.22. The number of rotatable bonds is 5. The van der Waals surface area contributed by atoms with Gasteiger partial charge in [-0.3, -0.25) is 0 Å². The van der Waals surface area contributed by atoms with E-state index < -0.39 is 10.1 Å². The van der Waals surface area contributed by atoms with E-state index in [0.717, 1.165) is 42.2 Å². The van der Waals surface area contributed by atoms with Gasteiger partial charge in [-0.05, 0) is 46.9 Å². The Morgan fingerprint density at radius 2 is 1.67 bits per heavy atom. The van der Waals surface area contributed by atoms with Crippen LogP contribution in [0.1, 0.15) is 37.8 Å². The molecule has 0 amide bonds. The zero-order valence-electron chi connectivity index (χ0n) is 12.8. The monoisotopic (exact) mass is 314 g/mol. The first-order valence-corrected chi connectivity index (χ1v) is 8.38. The van der Waals surface area contributed by atoms with Gasteiger partial charge in [-0.2, -0.15) is 0 Å². The topological polar surface area (TPSA) is 57.2 Å². The molecule has 0 fully saturated rings. The van der Waals surface area contributed by atoms with E-state index in [0.29, 0.717) is 5.39 Å².